The van der Waals surface area contributed by atoms with Crippen molar-refractivity contribution in [3.8, 4) is 17.2 Å². The molecule has 0 saturated carbocycles. The molecule has 0 aromatic heterocycles. The Labute approximate surface area is 198 Å². The second kappa shape index (κ2) is 10.4. The summed E-state index contributed by atoms with van der Waals surface area (Å²) in [5, 5.41) is 0. The molecule has 0 spiro atoms. The van der Waals surface area contributed by atoms with Crippen molar-refractivity contribution >= 4 is 0 Å². The summed E-state index contributed by atoms with van der Waals surface area (Å²) in [6, 6.07) is 13.7. The van der Waals surface area contributed by atoms with Crippen molar-refractivity contribution in [2.75, 3.05) is 53.6 Å². The zero-order valence-electron chi connectivity index (χ0n) is 20.2. The molecule has 3 heterocycles. The molecule has 0 unspecified atom stereocenters. The summed E-state index contributed by atoms with van der Waals surface area (Å²) in [5.41, 5.74) is 4.17. The van der Waals surface area contributed by atoms with Crippen LogP contribution in [-0.4, -0.2) is 63.4 Å². The smallest absolute Gasteiger partial charge is 0.161 e. The first-order valence-electron chi connectivity index (χ1n) is 12.7. The van der Waals surface area contributed by atoms with Crippen molar-refractivity contribution in [3.05, 3.63) is 53.1 Å². The third-order valence-corrected chi connectivity index (χ3v) is 7.72. The molecule has 0 N–H and O–H groups in total. The van der Waals surface area contributed by atoms with Gasteiger partial charge in [-0.2, -0.15) is 0 Å². The minimum absolute atomic E-state index is 0.335. The maximum absolute atomic E-state index is 6.24. The molecule has 2 saturated heterocycles. The summed E-state index contributed by atoms with van der Waals surface area (Å²) in [5.74, 6) is 2.94. The maximum Gasteiger partial charge on any atom is 0.161 e. The molecule has 2 aromatic rings. The highest BCUT2D eigenvalue weighted by molar-refractivity contribution is 5.50. The van der Waals surface area contributed by atoms with Crippen molar-refractivity contribution in [2.24, 2.45) is 0 Å². The number of piperidine rings is 1. The molecular formula is C28H38N2O3. The van der Waals surface area contributed by atoms with E-state index in [0.717, 1.165) is 43.4 Å². The van der Waals surface area contributed by atoms with Crippen LogP contribution in [-0.2, 0) is 0 Å². The van der Waals surface area contributed by atoms with Crippen LogP contribution in [0.15, 0.2) is 36.4 Å². The van der Waals surface area contributed by atoms with Crippen LogP contribution in [0.3, 0.4) is 0 Å². The van der Waals surface area contributed by atoms with E-state index in [1.54, 1.807) is 14.2 Å². The number of likely N-dealkylation sites (tertiary alicyclic amines) is 1. The van der Waals surface area contributed by atoms with Crippen LogP contribution < -0.4 is 14.2 Å². The van der Waals surface area contributed by atoms with Gasteiger partial charge in [0.25, 0.3) is 0 Å². The van der Waals surface area contributed by atoms with Crippen LogP contribution in [0.5, 0.6) is 17.2 Å². The summed E-state index contributed by atoms with van der Waals surface area (Å²) in [4.78, 5) is 5.24. The third kappa shape index (κ3) is 4.85. The van der Waals surface area contributed by atoms with Crippen LogP contribution in [0.25, 0.3) is 0 Å². The molecule has 0 bridgehead atoms. The Morgan fingerprint density at radius 2 is 1.70 bits per heavy atom. The van der Waals surface area contributed by atoms with Gasteiger partial charge in [-0.05, 0) is 92.7 Å². The lowest BCUT2D eigenvalue weighted by Gasteiger charge is -2.38. The lowest BCUT2D eigenvalue weighted by Crippen LogP contribution is -2.34. The van der Waals surface area contributed by atoms with Gasteiger partial charge in [0.1, 0.15) is 5.75 Å². The molecule has 5 rings (SSSR count). The number of fused-ring (bicyclic) bond motifs is 3. The topological polar surface area (TPSA) is 34.2 Å². The van der Waals surface area contributed by atoms with Crippen LogP contribution in [0.2, 0.25) is 0 Å². The van der Waals surface area contributed by atoms with E-state index >= 15 is 0 Å². The average molecular weight is 451 g/mol. The zero-order valence-corrected chi connectivity index (χ0v) is 20.2. The van der Waals surface area contributed by atoms with Gasteiger partial charge >= 0.3 is 0 Å². The second-order valence-electron chi connectivity index (χ2n) is 9.72. The normalized spacial score (nSPS) is 23.1. The van der Waals surface area contributed by atoms with E-state index in [1.807, 2.05) is 6.07 Å². The minimum atomic E-state index is 0.335. The van der Waals surface area contributed by atoms with Gasteiger partial charge in [-0.25, -0.2) is 0 Å². The molecule has 3 aliphatic heterocycles. The fraction of sp³-hybridized carbons (Fsp3) is 0.571. The Kier molecular flexibility index (Phi) is 7.07. The van der Waals surface area contributed by atoms with Crippen molar-refractivity contribution in [1.82, 2.24) is 9.80 Å². The first kappa shape index (κ1) is 22.5. The fourth-order valence-corrected chi connectivity index (χ4v) is 5.99. The van der Waals surface area contributed by atoms with Gasteiger partial charge in [0, 0.05) is 25.0 Å². The Morgan fingerprint density at radius 1 is 0.848 bits per heavy atom. The molecule has 178 valence electrons. The van der Waals surface area contributed by atoms with E-state index in [4.69, 9.17) is 14.2 Å². The van der Waals surface area contributed by atoms with E-state index in [2.05, 4.69) is 40.1 Å². The molecule has 0 amide bonds. The van der Waals surface area contributed by atoms with Crippen molar-refractivity contribution < 1.29 is 14.2 Å². The lowest BCUT2D eigenvalue weighted by atomic mass is 9.81. The molecule has 3 aliphatic rings. The fourth-order valence-electron chi connectivity index (χ4n) is 5.99. The summed E-state index contributed by atoms with van der Waals surface area (Å²) < 4.78 is 17.3. The van der Waals surface area contributed by atoms with Gasteiger partial charge < -0.3 is 19.1 Å². The summed E-state index contributed by atoms with van der Waals surface area (Å²) in [7, 11) is 3.40. The van der Waals surface area contributed by atoms with Gasteiger partial charge in [-0.3, -0.25) is 4.90 Å². The average Bonchev–Trinajstić information content (AvgIpc) is 3.35. The molecule has 0 radical (unpaired) electrons. The summed E-state index contributed by atoms with van der Waals surface area (Å²) in [6.45, 7) is 6.70. The standard InChI is InChI=1S/C28H38N2O3/c1-31-27-12-9-21(18-28(27)32-2)25-20-30-16-6-8-26(30)24-19-22(10-11-23(24)25)33-17-7-15-29-13-4-3-5-14-29/h9-12,18-19,25-26H,3-8,13-17,20H2,1-2H3/t25-,26-/m1/s1. The quantitative estimate of drug-likeness (QED) is 0.514. The van der Waals surface area contributed by atoms with Crippen molar-refractivity contribution in [2.45, 2.75) is 50.5 Å². The highest BCUT2D eigenvalue weighted by Gasteiger charge is 2.37. The molecule has 2 aromatic carbocycles. The monoisotopic (exact) mass is 450 g/mol. The minimum Gasteiger partial charge on any atom is -0.494 e. The Morgan fingerprint density at radius 3 is 2.52 bits per heavy atom. The van der Waals surface area contributed by atoms with E-state index in [0.29, 0.717) is 12.0 Å². The van der Waals surface area contributed by atoms with Gasteiger partial charge in [0.05, 0.1) is 20.8 Å². The third-order valence-electron chi connectivity index (χ3n) is 7.72. The molecule has 0 aliphatic carbocycles. The maximum atomic E-state index is 6.24. The number of benzene rings is 2. The number of ether oxygens (including phenoxy) is 3. The van der Waals surface area contributed by atoms with E-state index < -0.39 is 0 Å². The number of methoxy groups -OCH3 is 2. The predicted octanol–water partition coefficient (Wildman–Crippen LogP) is 5.24. The van der Waals surface area contributed by atoms with E-state index in [9.17, 15) is 0 Å². The van der Waals surface area contributed by atoms with Crippen LogP contribution in [0.1, 0.15) is 67.2 Å². The van der Waals surface area contributed by atoms with E-state index in [-0.39, 0.29) is 0 Å². The number of nitrogens with zero attached hydrogens (tertiary/aromatic N) is 2. The molecule has 2 atom stereocenters. The highest BCUT2D eigenvalue weighted by Crippen LogP contribution is 2.46. The first-order chi connectivity index (χ1) is 16.3. The van der Waals surface area contributed by atoms with Gasteiger partial charge in [0.2, 0.25) is 0 Å². The summed E-state index contributed by atoms with van der Waals surface area (Å²) in [6.07, 6.45) is 7.70. The second-order valence-corrected chi connectivity index (χ2v) is 9.72. The molecular weight excluding hydrogens is 412 g/mol. The molecule has 33 heavy (non-hydrogen) atoms. The van der Waals surface area contributed by atoms with Crippen molar-refractivity contribution in [3.63, 3.8) is 0 Å². The van der Waals surface area contributed by atoms with Crippen LogP contribution in [0.4, 0.5) is 0 Å². The molecule has 5 heteroatoms. The number of rotatable bonds is 8. The number of hydrogen-bond donors (Lipinski definition) is 0. The van der Waals surface area contributed by atoms with Crippen LogP contribution in [0, 0.1) is 0 Å². The zero-order chi connectivity index (χ0) is 22.6. The Bertz CT molecular complexity index is 941. The van der Waals surface area contributed by atoms with E-state index in [1.165, 1.54) is 68.4 Å². The lowest BCUT2D eigenvalue weighted by molar-refractivity contribution is 0.204. The first-order valence-corrected chi connectivity index (χ1v) is 12.7. The molecule has 5 nitrogen and oxygen atoms in total. The van der Waals surface area contributed by atoms with Gasteiger partial charge in [0.15, 0.2) is 11.5 Å². The van der Waals surface area contributed by atoms with Crippen LogP contribution >= 0.6 is 0 Å². The predicted molar refractivity (Wildman–Crippen MR) is 132 cm³/mol. The SMILES string of the molecule is COc1ccc([C@H]2CN3CCC[C@@H]3c3cc(OCCCN4CCCCC4)ccc32)cc1OC. The van der Waals surface area contributed by atoms with Gasteiger partial charge in [-0.15, -0.1) is 0 Å². The summed E-state index contributed by atoms with van der Waals surface area (Å²) >= 11 is 0. The molecule has 2 fully saturated rings. The largest absolute Gasteiger partial charge is 0.494 e. The van der Waals surface area contributed by atoms with Crippen molar-refractivity contribution in [1.29, 1.82) is 0 Å². The van der Waals surface area contributed by atoms with Gasteiger partial charge in [-0.1, -0.05) is 18.6 Å². The highest BCUT2D eigenvalue weighted by atomic mass is 16.5. The Balaban J connectivity index is 1.33. The Hall–Kier alpha value is -2.24. The number of hydrogen-bond acceptors (Lipinski definition) is 5.